The van der Waals surface area contributed by atoms with Crippen molar-refractivity contribution in [2.45, 2.75) is 63.9 Å². The molecule has 8 nitrogen and oxygen atoms in total. The second kappa shape index (κ2) is 12.1. The lowest BCUT2D eigenvalue weighted by atomic mass is 10.0. The smallest absolute Gasteiger partial charge is 0.264 e. The molecule has 1 aliphatic heterocycles. The number of ether oxygens (including phenoxy) is 1. The molecule has 1 saturated heterocycles. The van der Waals surface area contributed by atoms with Gasteiger partial charge < -0.3 is 30.1 Å². The highest BCUT2D eigenvalue weighted by Crippen LogP contribution is 2.16. The van der Waals surface area contributed by atoms with Gasteiger partial charge in [-0.3, -0.25) is 4.79 Å². The van der Waals surface area contributed by atoms with Crippen molar-refractivity contribution in [3.63, 3.8) is 0 Å². The summed E-state index contributed by atoms with van der Waals surface area (Å²) in [4.78, 5) is 14.1. The van der Waals surface area contributed by atoms with Crippen LogP contribution in [0.4, 0.5) is 0 Å². The minimum Gasteiger partial charge on any atom is -0.394 e. The van der Waals surface area contributed by atoms with Crippen molar-refractivity contribution >= 4 is 5.91 Å². The molecule has 1 aliphatic rings. The molecule has 0 spiro atoms. The Morgan fingerprint density at radius 1 is 1.30 bits per heavy atom. The standard InChI is InChI=1S/C19H32N2O6/c1-13(2)9-14(10-20)19(26)21-7-5-3-4-6-8-27-18(16(24)12-22)17(25)15(23)11-21/h9,13,15-18,22-25H,3-8,11-12H2,1-2H3/b14-9+/t15-,16-,17-,18-/m1/s1. The predicted octanol–water partition coefficient (Wildman–Crippen LogP) is -0.0448. The molecule has 0 saturated carbocycles. The maximum atomic E-state index is 12.7. The lowest BCUT2D eigenvalue weighted by molar-refractivity contribution is -0.150. The Morgan fingerprint density at radius 3 is 2.56 bits per heavy atom. The van der Waals surface area contributed by atoms with Gasteiger partial charge in [-0.1, -0.05) is 32.8 Å². The molecule has 0 aromatic rings. The van der Waals surface area contributed by atoms with Gasteiger partial charge in [0.1, 0.15) is 36.1 Å². The predicted molar refractivity (Wildman–Crippen MR) is 98.4 cm³/mol. The van der Waals surface area contributed by atoms with Gasteiger partial charge in [-0.25, -0.2) is 0 Å². The highest BCUT2D eigenvalue weighted by atomic mass is 16.5. The van der Waals surface area contributed by atoms with Crippen molar-refractivity contribution in [1.29, 1.82) is 5.26 Å². The monoisotopic (exact) mass is 384 g/mol. The molecular weight excluding hydrogens is 352 g/mol. The molecule has 154 valence electrons. The number of nitrogens with zero attached hydrogens (tertiary/aromatic N) is 2. The van der Waals surface area contributed by atoms with Gasteiger partial charge in [0.05, 0.1) is 6.61 Å². The second-order valence-electron chi connectivity index (χ2n) is 7.24. The van der Waals surface area contributed by atoms with Crippen molar-refractivity contribution in [2.75, 3.05) is 26.3 Å². The average molecular weight is 384 g/mol. The van der Waals surface area contributed by atoms with E-state index in [4.69, 9.17) is 4.74 Å². The lowest BCUT2D eigenvalue weighted by Gasteiger charge is -2.33. The molecule has 4 atom stereocenters. The quantitative estimate of drug-likeness (QED) is 0.394. The van der Waals surface area contributed by atoms with E-state index in [1.165, 1.54) is 4.90 Å². The Bertz CT molecular complexity index is 531. The Morgan fingerprint density at radius 2 is 1.96 bits per heavy atom. The van der Waals surface area contributed by atoms with Gasteiger partial charge >= 0.3 is 0 Å². The van der Waals surface area contributed by atoms with Crippen LogP contribution in [0.2, 0.25) is 0 Å². The molecule has 0 radical (unpaired) electrons. The molecule has 0 aliphatic carbocycles. The van der Waals surface area contributed by atoms with Crippen LogP contribution < -0.4 is 0 Å². The summed E-state index contributed by atoms with van der Waals surface area (Å²) in [7, 11) is 0. The van der Waals surface area contributed by atoms with Gasteiger partial charge in [-0.05, 0) is 18.8 Å². The molecule has 4 N–H and O–H groups in total. The zero-order valence-corrected chi connectivity index (χ0v) is 16.1. The zero-order chi connectivity index (χ0) is 20.4. The molecule has 27 heavy (non-hydrogen) atoms. The Labute approximate surface area is 160 Å². The van der Waals surface area contributed by atoms with Crippen molar-refractivity contribution in [3.05, 3.63) is 11.6 Å². The van der Waals surface area contributed by atoms with Crippen LogP contribution in [0.3, 0.4) is 0 Å². The van der Waals surface area contributed by atoms with E-state index < -0.39 is 36.9 Å². The highest BCUT2D eigenvalue weighted by molar-refractivity contribution is 5.97. The van der Waals surface area contributed by atoms with E-state index in [1.807, 2.05) is 19.9 Å². The maximum Gasteiger partial charge on any atom is 0.264 e. The highest BCUT2D eigenvalue weighted by Gasteiger charge is 2.34. The van der Waals surface area contributed by atoms with E-state index in [2.05, 4.69) is 0 Å². The topological polar surface area (TPSA) is 134 Å². The third-order valence-corrected chi connectivity index (χ3v) is 4.48. The largest absolute Gasteiger partial charge is 0.394 e. The normalized spacial score (nSPS) is 27.4. The lowest BCUT2D eigenvalue weighted by Crippen LogP contribution is -2.52. The summed E-state index contributed by atoms with van der Waals surface area (Å²) >= 11 is 0. The minimum atomic E-state index is -1.48. The van der Waals surface area contributed by atoms with Crippen LogP contribution in [-0.2, 0) is 9.53 Å². The molecule has 0 aromatic carbocycles. The molecule has 1 fully saturated rings. The van der Waals surface area contributed by atoms with Crippen LogP contribution in [0.1, 0.15) is 39.5 Å². The van der Waals surface area contributed by atoms with Crippen molar-refractivity contribution in [3.8, 4) is 6.07 Å². The number of β-amino-alcohol motifs (C(OH)–C–C–N with tert-alkyl or cyclic N) is 1. The number of carbonyl (C=O) groups excluding carboxylic acids is 1. The van der Waals surface area contributed by atoms with Crippen LogP contribution in [0.5, 0.6) is 0 Å². The fourth-order valence-electron chi connectivity index (χ4n) is 3.01. The molecule has 1 heterocycles. The number of allylic oxidation sites excluding steroid dienone is 1. The molecular formula is C19H32N2O6. The van der Waals surface area contributed by atoms with Gasteiger partial charge in [-0.15, -0.1) is 0 Å². The number of aliphatic hydroxyl groups is 4. The van der Waals surface area contributed by atoms with Gasteiger partial charge in [0.15, 0.2) is 0 Å². The Kier molecular flexibility index (Phi) is 10.5. The summed E-state index contributed by atoms with van der Waals surface area (Å²) < 4.78 is 5.48. The van der Waals surface area contributed by atoms with Crippen LogP contribution >= 0.6 is 0 Å². The number of amides is 1. The summed E-state index contributed by atoms with van der Waals surface area (Å²) in [5.74, 6) is -0.473. The van der Waals surface area contributed by atoms with E-state index in [-0.39, 0.29) is 18.0 Å². The van der Waals surface area contributed by atoms with Crippen molar-refractivity contribution in [1.82, 2.24) is 4.90 Å². The molecule has 0 bridgehead atoms. The summed E-state index contributed by atoms with van der Waals surface area (Å²) in [6.07, 6.45) is -0.729. The van der Waals surface area contributed by atoms with Crippen molar-refractivity contribution in [2.24, 2.45) is 5.92 Å². The van der Waals surface area contributed by atoms with Crippen molar-refractivity contribution < 1.29 is 30.0 Å². The summed E-state index contributed by atoms with van der Waals surface area (Å²) in [5.41, 5.74) is 0.00183. The number of hydrogen-bond acceptors (Lipinski definition) is 7. The van der Waals surface area contributed by atoms with E-state index in [9.17, 15) is 30.5 Å². The first kappa shape index (κ1) is 23.5. The van der Waals surface area contributed by atoms with Gasteiger partial charge in [-0.2, -0.15) is 5.26 Å². The first-order valence-electron chi connectivity index (χ1n) is 9.49. The van der Waals surface area contributed by atoms with E-state index >= 15 is 0 Å². The second-order valence-corrected chi connectivity index (χ2v) is 7.24. The third-order valence-electron chi connectivity index (χ3n) is 4.48. The van der Waals surface area contributed by atoms with E-state index in [1.54, 1.807) is 6.08 Å². The van der Waals surface area contributed by atoms with Crippen LogP contribution in [0, 0.1) is 17.2 Å². The van der Waals surface area contributed by atoms with Gasteiger partial charge in [0.25, 0.3) is 5.91 Å². The molecule has 0 aromatic heterocycles. The van der Waals surface area contributed by atoms with Crippen LogP contribution in [0.25, 0.3) is 0 Å². The molecule has 8 heteroatoms. The Hall–Kier alpha value is -1.50. The SMILES string of the molecule is CC(C)/C=C(\C#N)C(=O)N1CCCCCCO[C@H]([C@H](O)CO)[C@H](O)[C@H](O)C1. The minimum absolute atomic E-state index is 0.00183. The number of hydrogen-bond donors (Lipinski definition) is 4. The maximum absolute atomic E-state index is 12.7. The van der Waals surface area contributed by atoms with Crippen LogP contribution in [-0.4, -0.2) is 82.0 Å². The molecule has 1 amide bonds. The summed E-state index contributed by atoms with van der Waals surface area (Å²) in [6, 6.07) is 1.91. The summed E-state index contributed by atoms with van der Waals surface area (Å²) in [6.45, 7) is 3.55. The fraction of sp³-hybridized carbons (Fsp3) is 0.789. The first-order valence-corrected chi connectivity index (χ1v) is 9.49. The average Bonchev–Trinajstić information content (AvgIpc) is 2.64. The molecule has 1 rings (SSSR count). The van der Waals surface area contributed by atoms with Gasteiger partial charge in [0, 0.05) is 19.7 Å². The fourth-order valence-corrected chi connectivity index (χ4v) is 3.01. The molecule has 0 unspecified atom stereocenters. The van der Waals surface area contributed by atoms with E-state index in [0.29, 0.717) is 26.0 Å². The Balaban J connectivity index is 3.01. The number of rotatable bonds is 4. The van der Waals surface area contributed by atoms with E-state index in [0.717, 1.165) is 12.8 Å². The third kappa shape index (κ3) is 7.56. The number of carbonyl (C=O) groups is 1. The first-order chi connectivity index (χ1) is 12.8. The number of nitriles is 1. The zero-order valence-electron chi connectivity index (χ0n) is 16.1. The van der Waals surface area contributed by atoms with Crippen LogP contribution in [0.15, 0.2) is 11.6 Å². The summed E-state index contributed by atoms with van der Waals surface area (Å²) in [5, 5.41) is 49.2. The number of aliphatic hydroxyl groups excluding tert-OH is 4. The van der Waals surface area contributed by atoms with Gasteiger partial charge in [0.2, 0.25) is 0 Å².